The lowest BCUT2D eigenvalue weighted by Crippen LogP contribution is -1.94. The minimum atomic E-state index is 0.213. The topological polar surface area (TPSA) is 0 Å². The molecule has 1 atom stereocenters. The molecule has 0 amide bonds. The molecule has 0 N–H and O–H groups in total. The van der Waals surface area contributed by atoms with Crippen LogP contribution < -0.4 is 0 Å². The van der Waals surface area contributed by atoms with Gasteiger partial charge < -0.3 is 0 Å². The van der Waals surface area contributed by atoms with Crippen molar-refractivity contribution in [3.8, 4) is 0 Å². The van der Waals surface area contributed by atoms with Gasteiger partial charge in [0.25, 0.3) is 0 Å². The summed E-state index contributed by atoms with van der Waals surface area (Å²) in [5.74, 6) is 0. The van der Waals surface area contributed by atoms with E-state index < -0.39 is 0 Å². The van der Waals surface area contributed by atoms with E-state index in [0.717, 1.165) is 8.95 Å². The van der Waals surface area contributed by atoms with Crippen LogP contribution in [-0.2, 0) is 0 Å². The molecule has 2 rings (SSSR count). The Morgan fingerprint density at radius 3 is 2.24 bits per heavy atom. The van der Waals surface area contributed by atoms with Gasteiger partial charge in [-0.25, -0.2) is 0 Å². The van der Waals surface area contributed by atoms with Crippen LogP contribution >= 0.6 is 47.8 Å². The Morgan fingerprint density at radius 1 is 0.941 bits per heavy atom. The predicted molar refractivity (Wildman–Crippen MR) is 83.8 cm³/mol. The van der Waals surface area contributed by atoms with E-state index in [4.69, 9.17) is 0 Å². The molecular formula is C14H11Br3. The minimum absolute atomic E-state index is 0.213. The van der Waals surface area contributed by atoms with Crippen molar-refractivity contribution >= 4 is 47.8 Å². The van der Waals surface area contributed by atoms with Crippen LogP contribution in [0.2, 0.25) is 0 Å². The van der Waals surface area contributed by atoms with Crippen molar-refractivity contribution in [1.29, 1.82) is 0 Å². The molecule has 0 nitrogen and oxygen atoms in total. The number of hydrogen-bond donors (Lipinski definition) is 0. The molecule has 0 bridgehead atoms. The van der Waals surface area contributed by atoms with Gasteiger partial charge in [0.15, 0.2) is 0 Å². The second-order valence-corrected chi connectivity index (χ2v) is 6.62. The Kier molecular flexibility index (Phi) is 4.45. The first-order chi connectivity index (χ1) is 8.08. The second-order valence-electron chi connectivity index (χ2n) is 3.94. The van der Waals surface area contributed by atoms with Gasteiger partial charge in [0.2, 0.25) is 0 Å². The van der Waals surface area contributed by atoms with E-state index in [0.29, 0.717) is 0 Å². The molecule has 0 aromatic heterocycles. The van der Waals surface area contributed by atoms with Crippen molar-refractivity contribution in [3.63, 3.8) is 0 Å². The Bertz CT molecular complexity index is 517. The summed E-state index contributed by atoms with van der Waals surface area (Å²) >= 11 is 10.8. The van der Waals surface area contributed by atoms with E-state index in [2.05, 4.69) is 97.2 Å². The monoisotopic (exact) mass is 416 g/mol. The molecule has 0 spiro atoms. The third kappa shape index (κ3) is 3.21. The quantitative estimate of drug-likeness (QED) is 0.524. The van der Waals surface area contributed by atoms with Crippen molar-refractivity contribution in [2.45, 2.75) is 11.8 Å². The lowest BCUT2D eigenvalue weighted by atomic mass is 10.0. The summed E-state index contributed by atoms with van der Waals surface area (Å²) in [5, 5.41) is 0. The normalized spacial score (nSPS) is 12.5. The first-order valence-corrected chi connectivity index (χ1v) is 7.73. The van der Waals surface area contributed by atoms with Crippen LogP contribution in [0.5, 0.6) is 0 Å². The molecular weight excluding hydrogens is 408 g/mol. The van der Waals surface area contributed by atoms with Crippen LogP contribution in [-0.4, -0.2) is 0 Å². The Balaban J connectivity index is 2.39. The van der Waals surface area contributed by atoms with Gasteiger partial charge in [0.1, 0.15) is 0 Å². The highest BCUT2D eigenvalue weighted by Gasteiger charge is 2.13. The summed E-state index contributed by atoms with van der Waals surface area (Å²) in [6.07, 6.45) is 0. The first-order valence-electron chi connectivity index (χ1n) is 5.23. The molecule has 0 heterocycles. The van der Waals surface area contributed by atoms with Gasteiger partial charge in [-0.15, -0.1) is 0 Å². The third-order valence-corrected chi connectivity index (χ3v) is 4.86. The predicted octanol–water partition coefficient (Wildman–Crippen LogP) is 6.00. The van der Waals surface area contributed by atoms with Crippen molar-refractivity contribution in [2.75, 3.05) is 0 Å². The Morgan fingerprint density at radius 2 is 1.59 bits per heavy atom. The lowest BCUT2D eigenvalue weighted by Gasteiger charge is -2.13. The fourth-order valence-electron chi connectivity index (χ4n) is 1.67. The van der Waals surface area contributed by atoms with Crippen LogP contribution in [0.1, 0.15) is 21.5 Å². The standard InChI is InChI=1S/C14H11Br3/c1-9-2-7-13(16)12(8-9)14(17)10-3-5-11(15)6-4-10/h2-8,14H,1H3. The molecule has 0 radical (unpaired) electrons. The van der Waals surface area contributed by atoms with Crippen molar-refractivity contribution in [2.24, 2.45) is 0 Å². The van der Waals surface area contributed by atoms with E-state index in [-0.39, 0.29) is 4.83 Å². The first kappa shape index (κ1) is 13.3. The van der Waals surface area contributed by atoms with Gasteiger partial charge in [-0.2, -0.15) is 0 Å². The highest BCUT2D eigenvalue weighted by molar-refractivity contribution is 9.11. The van der Waals surface area contributed by atoms with Gasteiger partial charge in [0.05, 0.1) is 4.83 Å². The molecule has 1 unspecified atom stereocenters. The van der Waals surface area contributed by atoms with Crippen molar-refractivity contribution in [3.05, 3.63) is 68.1 Å². The van der Waals surface area contributed by atoms with E-state index in [9.17, 15) is 0 Å². The Hall–Kier alpha value is -0.120. The molecule has 88 valence electrons. The van der Waals surface area contributed by atoms with Gasteiger partial charge in [-0.1, -0.05) is 77.6 Å². The van der Waals surface area contributed by atoms with Gasteiger partial charge in [0, 0.05) is 8.95 Å². The molecule has 2 aromatic carbocycles. The van der Waals surface area contributed by atoms with E-state index in [1.54, 1.807) is 0 Å². The van der Waals surface area contributed by atoms with E-state index >= 15 is 0 Å². The molecule has 2 aromatic rings. The smallest absolute Gasteiger partial charge is 0.0655 e. The number of hydrogen-bond acceptors (Lipinski definition) is 0. The molecule has 0 fully saturated rings. The second kappa shape index (κ2) is 5.68. The fourth-order valence-corrected chi connectivity index (χ4v) is 3.40. The fraction of sp³-hybridized carbons (Fsp3) is 0.143. The van der Waals surface area contributed by atoms with Gasteiger partial charge in [-0.3, -0.25) is 0 Å². The van der Waals surface area contributed by atoms with Gasteiger partial charge in [-0.05, 0) is 36.2 Å². The van der Waals surface area contributed by atoms with Crippen LogP contribution in [0.4, 0.5) is 0 Å². The zero-order valence-corrected chi connectivity index (χ0v) is 14.0. The summed E-state index contributed by atoms with van der Waals surface area (Å²) in [7, 11) is 0. The summed E-state index contributed by atoms with van der Waals surface area (Å²) in [4.78, 5) is 0.213. The van der Waals surface area contributed by atoms with E-state index in [1.807, 2.05) is 0 Å². The van der Waals surface area contributed by atoms with E-state index in [1.165, 1.54) is 16.7 Å². The molecule has 0 saturated carbocycles. The summed E-state index contributed by atoms with van der Waals surface area (Å²) in [6, 6.07) is 14.8. The number of halogens is 3. The van der Waals surface area contributed by atoms with Crippen molar-refractivity contribution < 1.29 is 0 Å². The van der Waals surface area contributed by atoms with Crippen LogP contribution in [0.15, 0.2) is 51.4 Å². The average molecular weight is 419 g/mol. The number of alkyl halides is 1. The molecule has 0 saturated heterocycles. The zero-order valence-electron chi connectivity index (χ0n) is 9.25. The summed E-state index contributed by atoms with van der Waals surface area (Å²) < 4.78 is 2.23. The highest BCUT2D eigenvalue weighted by Crippen LogP contribution is 2.36. The Labute approximate surface area is 127 Å². The van der Waals surface area contributed by atoms with Gasteiger partial charge >= 0.3 is 0 Å². The maximum absolute atomic E-state index is 3.76. The molecule has 0 aliphatic carbocycles. The number of benzene rings is 2. The largest absolute Gasteiger partial charge is 0.0786 e. The number of rotatable bonds is 2. The van der Waals surface area contributed by atoms with Crippen LogP contribution in [0.3, 0.4) is 0 Å². The third-order valence-electron chi connectivity index (χ3n) is 2.59. The maximum Gasteiger partial charge on any atom is 0.0655 e. The van der Waals surface area contributed by atoms with Crippen molar-refractivity contribution in [1.82, 2.24) is 0 Å². The highest BCUT2D eigenvalue weighted by atomic mass is 79.9. The maximum atomic E-state index is 3.76. The van der Waals surface area contributed by atoms with Crippen LogP contribution in [0, 0.1) is 6.92 Å². The summed E-state index contributed by atoms with van der Waals surface area (Å²) in [5.41, 5.74) is 3.77. The molecule has 0 aliphatic heterocycles. The molecule has 17 heavy (non-hydrogen) atoms. The summed E-state index contributed by atoms with van der Waals surface area (Å²) in [6.45, 7) is 2.11. The molecule has 0 aliphatic rings. The van der Waals surface area contributed by atoms with Crippen LogP contribution in [0.25, 0.3) is 0 Å². The zero-order chi connectivity index (χ0) is 12.4. The minimum Gasteiger partial charge on any atom is -0.0786 e. The lowest BCUT2D eigenvalue weighted by molar-refractivity contribution is 1.15. The number of aryl methyl sites for hydroxylation is 1. The SMILES string of the molecule is Cc1ccc(Br)c(C(Br)c2ccc(Br)cc2)c1. The average Bonchev–Trinajstić information content (AvgIpc) is 2.32. The molecule has 3 heteroatoms.